The Balaban J connectivity index is 1.68. The van der Waals surface area contributed by atoms with E-state index in [0.29, 0.717) is 26.1 Å². The minimum atomic E-state index is -0.180. The van der Waals surface area contributed by atoms with E-state index in [1.54, 1.807) is 7.11 Å². The van der Waals surface area contributed by atoms with E-state index >= 15 is 0 Å². The first-order valence-electron chi connectivity index (χ1n) is 8.82. The summed E-state index contributed by atoms with van der Waals surface area (Å²) in [5.74, 6) is 2.33. The lowest BCUT2D eigenvalue weighted by molar-refractivity contribution is -0.116. The van der Waals surface area contributed by atoms with Crippen LogP contribution >= 0.6 is 0 Å². The highest BCUT2D eigenvalue weighted by molar-refractivity contribution is 5.86. The van der Waals surface area contributed by atoms with Crippen LogP contribution in [0.2, 0.25) is 0 Å². The predicted octanol–water partition coefficient (Wildman–Crippen LogP) is 2.97. The fraction of sp³-hybridized carbons (Fsp3) is 0.238. The zero-order valence-electron chi connectivity index (χ0n) is 15.4. The van der Waals surface area contributed by atoms with Crippen LogP contribution in [-0.2, 0) is 17.8 Å². The summed E-state index contributed by atoms with van der Waals surface area (Å²) < 4.78 is 13.1. The third kappa shape index (κ3) is 4.67. The van der Waals surface area contributed by atoms with Gasteiger partial charge in [0.25, 0.3) is 0 Å². The molecule has 6 heteroatoms. The first-order valence-corrected chi connectivity index (χ1v) is 8.82. The van der Waals surface area contributed by atoms with Crippen LogP contribution in [-0.4, -0.2) is 35.7 Å². The molecule has 0 radical (unpaired) electrons. The molecule has 27 heavy (non-hydrogen) atoms. The van der Waals surface area contributed by atoms with Gasteiger partial charge in [-0.25, -0.2) is 4.98 Å². The Morgan fingerprint density at radius 1 is 1.19 bits per heavy atom. The summed E-state index contributed by atoms with van der Waals surface area (Å²) in [6, 6.07) is 15.5. The van der Waals surface area contributed by atoms with Crippen molar-refractivity contribution in [1.29, 1.82) is 0 Å². The molecule has 0 bridgehead atoms. The normalized spacial score (nSPS) is 10.6. The Hall–Kier alpha value is -3.28. The second-order valence-electron chi connectivity index (χ2n) is 5.94. The maximum absolute atomic E-state index is 11.3. The van der Waals surface area contributed by atoms with Gasteiger partial charge in [0.2, 0.25) is 5.91 Å². The second kappa shape index (κ2) is 8.89. The number of ether oxygens (including phenoxy) is 2. The summed E-state index contributed by atoms with van der Waals surface area (Å²) in [5, 5.41) is 2.79. The molecule has 0 aliphatic heterocycles. The predicted molar refractivity (Wildman–Crippen MR) is 105 cm³/mol. The molecule has 0 aliphatic carbocycles. The lowest BCUT2D eigenvalue weighted by Gasteiger charge is -2.11. The third-order valence-electron chi connectivity index (χ3n) is 4.21. The molecular formula is C21H23N3O3. The van der Waals surface area contributed by atoms with Crippen molar-refractivity contribution in [3.8, 4) is 11.5 Å². The van der Waals surface area contributed by atoms with E-state index in [1.807, 2.05) is 48.5 Å². The van der Waals surface area contributed by atoms with Gasteiger partial charge in [-0.2, -0.15) is 0 Å². The highest BCUT2D eigenvalue weighted by Gasteiger charge is 2.10. The number of carbonyl (C=O) groups excluding carboxylic acids is 1. The van der Waals surface area contributed by atoms with E-state index in [-0.39, 0.29) is 5.91 Å². The number of benzene rings is 2. The van der Waals surface area contributed by atoms with E-state index in [9.17, 15) is 4.79 Å². The van der Waals surface area contributed by atoms with Crippen molar-refractivity contribution in [1.82, 2.24) is 14.9 Å². The minimum absolute atomic E-state index is 0.180. The Morgan fingerprint density at radius 2 is 1.93 bits per heavy atom. The fourth-order valence-electron chi connectivity index (χ4n) is 2.86. The van der Waals surface area contributed by atoms with Gasteiger partial charge in [0.1, 0.15) is 23.9 Å². The molecule has 0 unspecified atom stereocenters. The molecule has 3 rings (SSSR count). The largest absolute Gasteiger partial charge is 0.497 e. The van der Waals surface area contributed by atoms with Gasteiger partial charge in [-0.1, -0.05) is 18.7 Å². The molecule has 1 aromatic heterocycles. The summed E-state index contributed by atoms with van der Waals surface area (Å²) in [6.07, 6.45) is 1.91. The first kappa shape index (κ1) is 18.5. The molecule has 2 aromatic carbocycles. The Labute approximate surface area is 158 Å². The number of amides is 1. The Kier molecular flexibility index (Phi) is 6.10. The molecular weight excluding hydrogens is 342 g/mol. The second-order valence-corrected chi connectivity index (χ2v) is 5.94. The maximum Gasteiger partial charge on any atom is 0.243 e. The molecule has 6 nitrogen and oxygen atoms in total. The summed E-state index contributed by atoms with van der Waals surface area (Å²) >= 11 is 0. The number of carbonyl (C=O) groups is 1. The van der Waals surface area contributed by atoms with E-state index in [4.69, 9.17) is 14.5 Å². The lowest BCUT2D eigenvalue weighted by Crippen LogP contribution is -2.24. The quantitative estimate of drug-likeness (QED) is 0.592. The van der Waals surface area contributed by atoms with Crippen molar-refractivity contribution in [2.45, 2.75) is 13.0 Å². The van der Waals surface area contributed by atoms with Crippen molar-refractivity contribution in [3.05, 3.63) is 67.0 Å². The van der Waals surface area contributed by atoms with Crippen molar-refractivity contribution >= 4 is 16.9 Å². The van der Waals surface area contributed by atoms with Gasteiger partial charge in [0.05, 0.1) is 24.7 Å². The number of fused-ring (bicyclic) bond motifs is 1. The lowest BCUT2D eigenvalue weighted by atomic mass is 10.3. The van der Waals surface area contributed by atoms with Gasteiger partial charge in [0, 0.05) is 13.0 Å². The standard InChI is InChI=1S/C21H23N3O3/c1-3-21(25)22-13-12-20-23-18-6-4-5-7-19(18)24(20)14-15-27-17-10-8-16(26-2)9-11-17/h3-11H,1,12-15H2,2H3,(H,22,25). The molecule has 0 saturated heterocycles. The van der Waals surface area contributed by atoms with Crippen LogP contribution in [0.3, 0.4) is 0 Å². The van der Waals surface area contributed by atoms with Crippen LogP contribution in [0.4, 0.5) is 0 Å². The van der Waals surface area contributed by atoms with Gasteiger partial charge in [-0.3, -0.25) is 4.79 Å². The van der Waals surface area contributed by atoms with Gasteiger partial charge in [-0.05, 0) is 42.5 Å². The van der Waals surface area contributed by atoms with E-state index < -0.39 is 0 Å². The number of hydrogen-bond acceptors (Lipinski definition) is 4. The summed E-state index contributed by atoms with van der Waals surface area (Å²) in [7, 11) is 1.64. The third-order valence-corrected chi connectivity index (χ3v) is 4.21. The van der Waals surface area contributed by atoms with E-state index in [2.05, 4.69) is 16.5 Å². The van der Waals surface area contributed by atoms with Crippen LogP contribution in [0.5, 0.6) is 11.5 Å². The number of hydrogen-bond donors (Lipinski definition) is 1. The van der Waals surface area contributed by atoms with Gasteiger partial charge in [0.15, 0.2) is 0 Å². The van der Waals surface area contributed by atoms with Gasteiger partial charge < -0.3 is 19.4 Å². The molecule has 0 atom stereocenters. The summed E-state index contributed by atoms with van der Waals surface area (Å²) in [5.41, 5.74) is 1.99. The van der Waals surface area contributed by atoms with Gasteiger partial charge in [-0.15, -0.1) is 0 Å². The van der Waals surface area contributed by atoms with Crippen LogP contribution in [0, 0.1) is 0 Å². The first-order chi connectivity index (χ1) is 13.2. The summed E-state index contributed by atoms with van der Waals surface area (Å²) in [6.45, 7) is 5.15. The number of rotatable bonds is 9. The topological polar surface area (TPSA) is 65.4 Å². The maximum atomic E-state index is 11.3. The fourth-order valence-corrected chi connectivity index (χ4v) is 2.86. The molecule has 0 aliphatic rings. The number of nitrogens with one attached hydrogen (secondary N) is 1. The van der Waals surface area contributed by atoms with E-state index in [0.717, 1.165) is 28.4 Å². The number of para-hydroxylation sites is 2. The minimum Gasteiger partial charge on any atom is -0.497 e. The molecule has 0 fully saturated rings. The summed E-state index contributed by atoms with van der Waals surface area (Å²) in [4.78, 5) is 16.0. The number of methoxy groups -OCH3 is 1. The highest BCUT2D eigenvalue weighted by Crippen LogP contribution is 2.19. The van der Waals surface area contributed by atoms with Crippen LogP contribution in [0.15, 0.2) is 61.2 Å². The van der Waals surface area contributed by atoms with E-state index in [1.165, 1.54) is 6.08 Å². The van der Waals surface area contributed by atoms with Crippen molar-refractivity contribution in [3.63, 3.8) is 0 Å². The molecule has 3 aromatic rings. The van der Waals surface area contributed by atoms with Crippen molar-refractivity contribution < 1.29 is 14.3 Å². The number of aromatic nitrogens is 2. The highest BCUT2D eigenvalue weighted by atomic mass is 16.5. The SMILES string of the molecule is C=CC(=O)NCCc1nc2ccccc2n1CCOc1ccc(OC)cc1. The zero-order chi connectivity index (χ0) is 19.1. The molecule has 1 amide bonds. The van der Waals surface area contributed by atoms with Gasteiger partial charge >= 0.3 is 0 Å². The van der Waals surface area contributed by atoms with Crippen molar-refractivity contribution in [2.75, 3.05) is 20.3 Å². The van der Waals surface area contributed by atoms with Crippen LogP contribution < -0.4 is 14.8 Å². The Morgan fingerprint density at radius 3 is 2.67 bits per heavy atom. The molecule has 1 N–H and O–H groups in total. The monoisotopic (exact) mass is 365 g/mol. The van der Waals surface area contributed by atoms with Crippen molar-refractivity contribution in [2.24, 2.45) is 0 Å². The molecule has 1 heterocycles. The van der Waals surface area contributed by atoms with Crippen LogP contribution in [0.1, 0.15) is 5.82 Å². The average Bonchev–Trinajstić information content (AvgIpc) is 3.06. The zero-order valence-corrected chi connectivity index (χ0v) is 15.4. The number of imidazole rings is 1. The molecule has 0 spiro atoms. The number of nitrogens with zero attached hydrogens (tertiary/aromatic N) is 2. The molecule has 140 valence electrons. The van der Waals surface area contributed by atoms with Crippen LogP contribution in [0.25, 0.3) is 11.0 Å². The average molecular weight is 365 g/mol. The Bertz CT molecular complexity index is 916. The molecule has 0 saturated carbocycles. The smallest absolute Gasteiger partial charge is 0.243 e.